The quantitative estimate of drug-likeness (QED) is 0.783. The number of para-hydroxylation sites is 1. The second-order valence-electron chi connectivity index (χ2n) is 5.02. The molecular formula is C17H16FN5. The van der Waals surface area contributed by atoms with E-state index in [1.54, 1.807) is 18.3 Å². The highest BCUT2D eigenvalue weighted by atomic mass is 19.1. The summed E-state index contributed by atoms with van der Waals surface area (Å²) in [5, 5.41) is 11.2. The van der Waals surface area contributed by atoms with Crippen LogP contribution >= 0.6 is 0 Å². The first-order chi connectivity index (χ1) is 11.2. The molecule has 0 saturated heterocycles. The minimum Gasteiger partial charge on any atom is -0.365 e. The van der Waals surface area contributed by atoms with Gasteiger partial charge in [-0.1, -0.05) is 30.3 Å². The summed E-state index contributed by atoms with van der Waals surface area (Å²) >= 11 is 0. The molecule has 0 aliphatic heterocycles. The number of nitrogens with one attached hydrogen (secondary N) is 1. The lowest BCUT2D eigenvalue weighted by Crippen LogP contribution is -2.15. The van der Waals surface area contributed by atoms with E-state index in [2.05, 4.69) is 20.5 Å². The minimum absolute atomic E-state index is 0.246. The van der Waals surface area contributed by atoms with E-state index in [4.69, 9.17) is 0 Å². The molecule has 0 unspecified atom stereocenters. The second-order valence-corrected chi connectivity index (χ2v) is 5.02. The Morgan fingerprint density at radius 1 is 1.04 bits per heavy atom. The molecule has 0 fully saturated rings. The normalized spacial score (nSPS) is 10.3. The van der Waals surface area contributed by atoms with Crippen molar-refractivity contribution in [2.75, 3.05) is 17.3 Å². The molecule has 3 rings (SSSR count). The van der Waals surface area contributed by atoms with E-state index in [0.29, 0.717) is 18.3 Å². The number of hydrogen-bond donors (Lipinski definition) is 1. The zero-order chi connectivity index (χ0) is 16.1. The molecule has 0 radical (unpaired) electrons. The van der Waals surface area contributed by atoms with E-state index in [9.17, 15) is 4.39 Å². The Labute approximate surface area is 133 Å². The molecule has 0 spiro atoms. The van der Waals surface area contributed by atoms with Crippen molar-refractivity contribution in [2.45, 2.75) is 6.54 Å². The van der Waals surface area contributed by atoms with Gasteiger partial charge in [0, 0.05) is 19.3 Å². The number of anilines is 3. The van der Waals surface area contributed by atoms with Crippen LogP contribution in [-0.2, 0) is 6.54 Å². The Morgan fingerprint density at radius 2 is 1.78 bits per heavy atom. The van der Waals surface area contributed by atoms with Gasteiger partial charge >= 0.3 is 0 Å². The topological polar surface area (TPSA) is 53.9 Å². The van der Waals surface area contributed by atoms with Gasteiger partial charge in [-0.25, -0.2) is 4.39 Å². The van der Waals surface area contributed by atoms with E-state index < -0.39 is 0 Å². The van der Waals surface area contributed by atoms with Gasteiger partial charge in [-0.3, -0.25) is 0 Å². The fraction of sp³-hybridized carbons (Fsp3) is 0.118. The molecule has 0 amide bonds. The number of halogens is 1. The molecule has 0 bridgehead atoms. The second kappa shape index (κ2) is 6.83. The highest BCUT2D eigenvalue weighted by Gasteiger charge is 2.08. The van der Waals surface area contributed by atoms with Crippen LogP contribution in [0.25, 0.3) is 0 Å². The highest BCUT2D eigenvalue weighted by molar-refractivity contribution is 5.56. The van der Waals surface area contributed by atoms with Gasteiger partial charge in [0.2, 0.25) is 0 Å². The summed E-state index contributed by atoms with van der Waals surface area (Å²) in [6.45, 7) is 0.535. The van der Waals surface area contributed by atoms with E-state index in [0.717, 1.165) is 11.3 Å². The summed E-state index contributed by atoms with van der Waals surface area (Å²) in [6, 6.07) is 16.1. The number of benzene rings is 2. The fourth-order valence-electron chi connectivity index (χ4n) is 2.08. The van der Waals surface area contributed by atoms with Crippen LogP contribution in [0.15, 0.2) is 60.8 Å². The van der Waals surface area contributed by atoms with Crippen molar-refractivity contribution in [1.82, 2.24) is 15.2 Å². The van der Waals surface area contributed by atoms with E-state index in [1.807, 2.05) is 42.3 Å². The summed E-state index contributed by atoms with van der Waals surface area (Å²) in [5.74, 6) is 0.867. The molecule has 0 atom stereocenters. The van der Waals surface area contributed by atoms with Gasteiger partial charge in [0.1, 0.15) is 5.82 Å². The maximum atomic E-state index is 12.9. The van der Waals surface area contributed by atoms with E-state index in [-0.39, 0.29) is 5.82 Å². The van der Waals surface area contributed by atoms with Crippen LogP contribution in [0.1, 0.15) is 5.56 Å². The first-order valence-corrected chi connectivity index (χ1v) is 7.19. The van der Waals surface area contributed by atoms with Gasteiger partial charge in [0.25, 0.3) is 5.95 Å². The van der Waals surface area contributed by atoms with Crippen molar-refractivity contribution in [1.29, 1.82) is 0 Å². The minimum atomic E-state index is -0.246. The van der Waals surface area contributed by atoms with Crippen molar-refractivity contribution in [3.8, 4) is 0 Å². The Balaban J connectivity index is 1.71. The van der Waals surface area contributed by atoms with Gasteiger partial charge in [-0.2, -0.15) is 10.1 Å². The van der Waals surface area contributed by atoms with Crippen LogP contribution in [-0.4, -0.2) is 22.2 Å². The van der Waals surface area contributed by atoms with Gasteiger partial charge in [0.15, 0.2) is 5.82 Å². The number of hydrogen-bond acceptors (Lipinski definition) is 5. The van der Waals surface area contributed by atoms with Crippen LogP contribution in [0, 0.1) is 5.82 Å². The van der Waals surface area contributed by atoms with Gasteiger partial charge < -0.3 is 10.2 Å². The number of rotatable bonds is 5. The average molecular weight is 309 g/mol. The van der Waals surface area contributed by atoms with Crippen LogP contribution in [0.3, 0.4) is 0 Å². The van der Waals surface area contributed by atoms with E-state index in [1.165, 1.54) is 12.1 Å². The molecule has 116 valence electrons. The Kier molecular flexibility index (Phi) is 4.42. The molecule has 3 aromatic rings. The number of aromatic nitrogens is 3. The lowest BCUT2D eigenvalue weighted by Gasteiger charge is -2.17. The molecule has 23 heavy (non-hydrogen) atoms. The molecule has 1 N–H and O–H groups in total. The molecule has 2 aromatic carbocycles. The summed E-state index contributed by atoms with van der Waals surface area (Å²) in [5.41, 5.74) is 1.94. The maximum Gasteiger partial charge on any atom is 0.251 e. The average Bonchev–Trinajstić information content (AvgIpc) is 2.61. The van der Waals surface area contributed by atoms with Crippen LogP contribution in [0.5, 0.6) is 0 Å². The SMILES string of the molecule is CN(c1ccccc1)c1nncc(NCc2ccc(F)cc2)n1. The predicted octanol–water partition coefficient (Wildman–Crippen LogP) is 3.39. The van der Waals surface area contributed by atoms with Gasteiger partial charge in [-0.05, 0) is 29.8 Å². The smallest absolute Gasteiger partial charge is 0.251 e. The third-order valence-electron chi connectivity index (χ3n) is 3.38. The standard InChI is InChI=1S/C17H16FN5/c1-23(15-5-3-2-4-6-15)17-21-16(12-20-22-17)19-11-13-7-9-14(18)10-8-13/h2-10,12H,11H2,1H3,(H,19,21,22). The molecule has 0 aliphatic carbocycles. The Morgan fingerprint density at radius 3 is 2.52 bits per heavy atom. The van der Waals surface area contributed by atoms with Crippen molar-refractivity contribution >= 4 is 17.5 Å². The van der Waals surface area contributed by atoms with Crippen LogP contribution in [0.2, 0.25) is 0 Å². The first kappa shape index (κ1) is 14.9. The molecular weight excluding hydrogens is 293 g/mol. The third kappa shape index (κ3) is 3.79. The fourth-order valence-corrected chi connectivity index (χ4v) is 2.08. The third-order valence-corrected chi connectivity index (χ3v) is 3.38. The summed E-state index contributed by atoms with van der Waals surface area (Å²) in [6.07, 6.45) is 1.56. The number of nitrogens with zero attached hydrogens (tertiary/aromatic N) is 4. The summed E-state index contributed by atoms with van der Waals surface area (Å²) in [4.78, 5) is 6.31. The molecule has 0 aliphatic rings. The lowest BCUT2D eigenvalue weighted by molar-refractivity contribution is 0.627. The molecule has 1 heterocycles. The molecule has 0 saturated carbocycles. The maximum absolute atomic E-state index is 12.9. The molecule has 5 nitrogen and oxygen atoms in total. The molecule has 6 heteroatoms. The monoisotopic (exact) mass is 309 g/mol. The Bertz CT molecular complexity index is 761. The van der Waals surface area contributed by atoms with Crippen LogP contribution in [0.4, 0.5) is 21.8 Å². The summed E-state index contributed by atoms with van der Waals surface area (Å²) in [7, 11) is 1.89. The first-order valence-electron chi connectivity index (χ1n) is 7.19. The van der Waals surface area contributed by atoms with E-state index >= 15 is 0 Å². The highest BCUT2D eigenvalue weighted by Crippen LogP contribution is 2.19. The Hall–Kier alpha value is -3.02. The van der Waals surface area contributed by atoms with Gasteiger partial charge in [0.05, 0.1) is 6.20 Å². The van der Waals surface area contributed by atoms with Crippen molar-refractivity contribution < 1.29 is 4.39 Å². The van der Waals surface area contributed by atoms with Gasteiger partial charge in [-0.15, -0.1) is 5.10 Å². The van der Waals surface area contributed by atoms with Crippen LogP contribution < -0.4 is 10.2 Å². The molecule has 1 aromatic heterocycles. The van der Waals surface area contributed by atoms with Crippen molar-refractivity contribution in [2.24, 2.45) is 0 Å². The lowest BCUT2D eigenvalue weighted by atomic mass is 10.2. The zero-order valence-electron chi connectivity index (χ0n) is 12.6. The van der Waals surface area contributed by atoms with Crippen molar-refractivity contribution in [3.63, 3.8) is 0 Å². The van der Waals surface area contributed by atoms with Crippen molar-refractivity contribution in [3.05, 3.63) is 72.2 Å². The zero-order valence-corrected chi connectivity index (χ0v) is 12.6. The largest absolute Gasteiger partial charge is 0.365 e. The summed E-state index contributed by atoms with van der Waals surface area (Å²) < 4.78 is 12.9. The predicted molar refractivity (Wildman–Crippen MR) is 88.1 cm³/mol.